The molecule has 1 fully saturated rings. The van der Waals surface area contributed by atoms with Gasteiger partial charge in [-0.2, -0.15) is 5.10 Å². The molecule has 0 radical (unpaired) electrons. The number of aromatic nitrogens is 3. The Labute approximate surface area is 123 Å². The van der Waals surface area contributed by atoms with Gasteiger partial charge in [0.05, 0.1) is 18.4 Å². The van der Waals surface area contributed by atoms with Gasteiger partial charge in [-0.3, -0.25) is 19.5 Å². The molecule has 21 heavy (non-hydrogen) atoms. The second-order valence-corrected chi connectivity index (χ2v) is 5.45. The molecule has 0 bridgehead atoms. The fourth-order valence-electron chi connectivity index (χ4n) is 2.15. The first-order valence-corrected chi connectivity index (χ1v) is 7.08. The molecular weight excluding hydrogens is 266 g/mol. The van der Waals surface area contributed by atoms with Crippen LogP contribution in [0.1, 0.15) is 18.5 Å². The molecule has 0 atom stereocenters. The summed E-state index contributed by atoms with van der Waals surface area (Å²) in [5.74, 6) is 0.394. The number of aryl methyl sites for hydroxylation is 1. The van der Waals surface area contributed by atoms with Crippen LogP contribution >= 0.6 is 0 Å². The molecule has 2 aromatic heterocycles. The maximum Gasteiger partial charge on any atom is 0.239 e. The van der Waals surface area contributed by atoms with E-state index in [0.29, 0.717) is 6.54 Å². The molecule has 0 saturated heterocycles. The summed E-state index contributed by atoms with van der Waals surface area (Å²) in [6, 6.07) is 3.98. The second kappa shape index (κ2) is 5.65. The molecule has 1 aliphatic rings. The van der Waals surface area contributed by atoms with Crippen LogP contribution in [0.15, 0.2) is 30.7 Å². The fraction of sp³-hybridized carbons (Fsp3) is 0.400. The van der Waals surface area contributed by atoms with Crippen LogP contribution in [0.2, 0.25) is 0 Å². The first-order valence-electron chi connectivity index (χ1n) is 7.08. The Bertz CT molecular complexity index is 630. The average Bonchev–Trinajstić information content (AvgIpc) is 3.26. The Kier molecular flexibility index (Phi) is 3.70. The van der Waals surface area contributed by atoms with E-state index in [1.165, 1.54) is 0 Å². The van der Waals surface area contributed by atoms with E-state index < -0.39 is 0 Å². The minimum Gasteiger partial charge on any atom is -0.281 e. The lowest BCUT2D eigenvalue weighted by Gasteiger charge is -2.17. The van der Waals surface area contributed by atoms with Gasteiger partial charge in [0, 0.05) is 43.5 Å². The minimum atomic E-state index is 0.169. The van der Waals surface area contributed by atoms with E-state index in [4.69, 9.17) is 0 Å². The Morgan fingerprint density at radius 2 is 2.19 bits per heavy atom. The van der Waals surface area contributed by atoms with Crippen molar-refractivity contribution in [3.05, 3.63) is 36.4 Å². The van der Waals surface area contributed by atoms with Crippen LogP contribution in [0.5, 0.6) is 0 Å². The highest BCUT2D eigenvalue weighted by atomic mass is 16.2. The van der Waals surface area contributed by atoms with Crippen molar-refractivity contribution in [2.75, 3.05) is 7.05 Å². The van der Waals surface area contributed by atoms with Crippen LogP contribution in [0.25, 0.3) is 11.1 Å². The highest BCUT2D eigenvalue weighted by Gasteiger charge is 2.31. The number of amides is 1. The van der Waals surface area contributed by atoms with Crippen molar-refractivity contribution in [1.29, 1.82) is 0 Å². The lowest BCUT2D eigenvalue weighted by atomic mass is 10.1. The van der Waals surface area contributed by atoms with Crippen molar-refractivity contribution >= 4 is 5.91 Å². The topological polar surface area (TPSA) is 63.1 Å². The van der Waals surface area contributed by atoms with E-state index >= 15 is 0 Å². The average molecular weight is 285 g/mol. The normalized spacial score (nSPS) is 14.2. The molecule has 1 aliphatic carbocycles. The highest BCUT2D eigenvalue weighted by Crippen LogP contribution is 2.30. The molecule has 2 aromatic rings. The number of hydrogen-bond donors (Lipinski definition) is 1. The van der Waals surface area contributed by atoms with Crippen molar-refractivity contribution < 1.29 is 4.79 Å². The number of carbonyl (C=O) groups excluding carboxylic acids is 1. The maximum atomic E-state index is 11.8. The summed E-state index contributed by atoms with van der Waals surface area (Å²) in [5, 5.41) is 5.73. The van der Waals surface area contributed by atoms with Crippen LogP contribution < -0.4 is 5.43 Å². The SMILES string of the molecule is CN(NCc1ccc(-c2cnn(C)c2)cn1)C(=O)C1CC1. The van der Waals surface area contributed by atoms with Gasteiger partial charge in [0.2, 0.25) is 5.91 Å². The number of nitrogens with zero attached hydrogens (tertiary/aromatic N) is 4. The van der Waals surface area contributed by atoms with Crippen molar-refractivity contribution in [1.82, 2.24) is 25.2 Å². The van der Waals surface area contributed by atoms with Gasteiger partial charge >= 0.3 is 0 Å². The van der Waals surface area contributed by atoms with Crippen molar-refractivity contribution in [3.8, 4) is 11.1 Å². The number of rotatable bonds is 5. The quantitative estimate of drug-likeness (QED) is 0.842. The van der Waals surface area contributed by atoms with Gasteiger partial charge in [-0.05, 0) is 18.9 Å². The van der Waals surface area contributed by atoms with Gasteiger partial charge in [0.1, 0.15) is 0 Å². The Morgan fingerprint density at radius 3 is 2.76 bits per heavy atom. The largest absolute Gasteiger partial charge is 0.281 e. The third-order valence-electron chi connectivity index (χ3n) is 3.62. The Hall–Kier alpha value is -2.21. The van der Waals surface area contributed by atoms with Crippen LogP contribution in [0.3, 0.4) is 0 Å². The van der Waals surface area contributed by atoms with Crippen LogP contribution in [0.4, 0.5) is 0 Å². The van der Waals surface area contributed by atoms with Crippen molar-refractivity contribution in [2.24, 2.45) is 13.0 Å². The van der Waals surface area contributed by atoms with Gasteiger partial charge < -0.3 is 0 Å². The molecule has 3 rings (SSSR count). The molecule has 0 aliphatic heterocycles. The number of pyridine rings is 1. The fourth-order valence-corrected chi connectivity index (χ4v) is 2.15. The first-order chi connectivity index (χ1) is 10.1. The van der Waals surface area contributed by atoms with E-state index in [1.807, 2.05) is 37.8 Å². The zero-order chi connectivity index (χ0) is 14.8. The molecule has 0 spiro atoms. The number of hydrazine groups is 1. The van der Waals surface area contributed by atoms with E-state index in [-0.39, 0.29) is 11.8 Å². The second-order valence-electron chi connectivity index (χ2n) is 5.45. The predicted octanol–water partition coefficient (Wildman–Crippen LogP) is 1.36. The Morgan fingerprint density at radius 1 is 1.38 bits per heavy atom. The van der Waals surface area contributed by atoms with Crippen molar-refractivity contribution in [2.45, 2.75) is 19.4 Å². The van der Waals surface area contributed by atoms with E-state index in [0.717, 1.165) is 29.7 Å². The molecule has 2 heterocycles. The van der Waals surface area contributed by atoms with Crippen LogP contribution in [-0.4, -0.2) is 32.7 Å². The van der Waals surface area contributed by atoms with E-state index in [2.05, 4.69) is 15.5 Å². The smallest absolute Gasteiger partial charge is 0.239 e. The molecule has 0 unspecified atom stereocenters. The molecule has 1 N–H and O–H groups in total. The van der Waals surface area contributed by atoms with Crippen molar-refractivity contribution in [3.63, 3.8) is 0 Å². The third-order valence-corrected chi connectivity index (χ3v) is 3.62. The van der Waals surface area contributed by atoms with E-state index in [9.17, 15) is 4.79 Å². The zero-order valence-corrected chi connectivity index (χ0v) is 12.3. The Balaban J connectivity index is 1.58. The first kappa shape index (κ1) is 13.8. The maximum absolute atomic E-state index is 11.8. The molecule has 0 aromatic carbocycles. The number of carbonyl (C=O) groups is 1. The summed E-state index contributed by atoms with van der Waals surface area (Å²) in [5.41, 5.74) is 6.07. The number of nitrogens with one attached hydrogen (secondary N) is 1. The molecule has 110 valence electrons. The van der Waals surface area contributed by atoms with Gasteiger partial charge in [0.25, 0.3) is 0 Å². The lowest BCUT2D eigenvalue weighted by Crippen LogP contribution is -2.40. The summed E-state index contributed by atoms with van der Waals surface area (Å²) in [7, 11) is 3.66. The summed E-state index contributed by atoms with van der Waals surface area (Å²) < 4.78 is 1.77. The monoisotopic (exact) mass is 285 g/mol. The molecule has 1 amide bonds. The van der Waals surface area contributed by atoms with Crippen LogP contribution in [0, 0.1) is 5.92 Å². The van der Waals surface area contributed by atoms with E-state index in [1.54, 1.807) is 16.7 Å². The minimum absolute atomic E-state index is 0.169. The summed E-state index contributed by atoms with van der Waals surface area (Å²) in [6.07, 6.45) is 7.64. The summed E-state index contributed by atoms with van der Waals surface area (Å²) >= 11 is 0. The number of hydrogen-bond acceptors (Lipinski definition) is 4. The standard InChI is InChI=1S/C15H19N5O/c1-19-10-13(8-17-19)12-5-6-14(16-7-12)9-18-20(2)15(21)11-3-4-11/h5-8,10-11,18H,3-4,9H2,1-2H3. The van der Waals surface area contributed by atoms with Gasteiger partial charge in [-0.25, -0.2) is 5.43 Å². The molecule has 6 nitrogen and oxygen atoms in total. The highest BCUT2D eigenvalue weighted by molar-refractivity contribution is 5.80. The lowest BCUT2D eigenvalue weighted by molar-refractivity contribution is -0.134. The molecule has 6 heteroatoms. The summed E-state index contributed by atoms with van der Waals surface area (Å²) in [6.45, 7) is 0.544. The third kappa shape index (κ3) is 3.28. The molecular formula is C15H19N5O. The summed E-state index contributed by atoms with van der Waals surface area (Å²) in [4.78, 5) is 16.2. The zero-order valence-electron chi connectivity index (χ0n) is 12.3. The van der Waals surface area contributed by atoms with Gasteiger partial charge in [0.15, 0.2) is 0 Å². The van der Waals surface area contributed by atoms with Gasteiger partial charge in [-0.15, -0.1) is 0 Å². The molecule has 1 saturated carbocycles. The van der Waals surface area contributed by atoms with Crippen LogP contribution in [-0.2, 0) is 18.4 Å². The van der Waals surface area contributed by atoms with Gasteiger partial charge in [-0.1, -0.05) is 6.07 Å². The predicted molar refractivity (Wildman–Crippen MR) is 78.8 cm³/mol.